The van der Waals surface area contributed by atoms with Crippen molar-refractivity contribution in [1.29, 1.82) is 5.26 Å². The summed E-state index contributed by atoms with van der Waals surface area (Å²) in [5.74, 6) is -0.781. The van der Waals surface area contributed by atoms with Crippen LogP contribution in [0.25, 0.3) is 0 Å². The van der Waals surface area contributed by atoms with E-state index in [1.54, 1.807) is 26.0 Å². The van der Waals surface area contributed by atoms with E-state index < -0.39 is 16.0 Å². The first-order valence-electron chi connectivity index (χ1n) is 7.65. The first kappa shape index (κ1) is 19.9. The van der Waals surface area contributed by atoms with E-state index in [1.807, 2.05) is 0 Å². The van der Waals surface area contributed by atoms with E-state index in [4.69, 9.17) is 5.26 Å². The molecule has 0 spiro atoms. The van der Waals surface area contributed by atoms with Crippen LogP contribution in [0.3, 0.4) is 0 Å². The number of nitriles is 1. The normalized spacial score (nSPS) is 11.4. The minimum absolute atomic E-state index is 0.00521. The standard InChI is InChI=1S/C17H17N5O4S/c1-11-8-12(2)21-17(20-11)22-27(24,25)15-6-4-14(5-7-15)19-10-13(9-18)16(23)26-3/h4-8,10,19H,1-3H3,(H,20,21,22)/b13-10+. The molecule has 0 radical (unpaired) electrons. The SMILES string of the molecule is COC(=O)/C(C#N)=C/Nc1ccc(S(=O)(=O)Nc2nc(C)cc(C)n2)cc1. The largest absolute Gasteiger partial charge is 0.465 e. The molecule has 2 rings (SSSR count). The van der Waals surface area contributed by atoms with E-state index in [1.165, 1.54) is 37.6 Å². The van der Waals surface area contributed by atoms with Gasteiger partial charge in [-0.3, -0.25) is 0 Å². The molecule has 2 N–H and O–H groups in total. The summed E-state index contributed by atoms with van der Waals surface area (Å²) in [5, 5.41) is 11.6. The van der Waals surface area contributed by atoms with Gasteiger partial charge in [-0.05, 0) is 44.2 Å². The number of esters is 1. The number of hydrogen-bond donors (Lipinski definition) is 2. The molecule has 140 valence electrons. The Kier molecular flexibility index (Phi) is 6.10. The Labute approximate surface area is 156 Å². The monoisotopic (exact) mass is 387 g/mol. The average molecular weight is 387 g/mol. The second kappa shape index (κ2) is 8.29. The predicted octanol–water partition coefficient (Wildman–Crippen LogP) is 1.89. The van der Waals surface area contributed by atoms with Gasteiger partial charge in [0.25, 0.3) is 10.0 Å². The average Bonchev–Trinajstić information content (AvgIpc) is 2.61. The van der Waals surface area contributed by atoms with Crippen molar-refractivity contribution in [3.05, 3.63) is 53.5 Å². The van der Waals surface area contributed by atoms with Crippen molar-refractivity contribution < 1.29 is 17.9 Å². The van der Waals surface area contributed by atoms with Crippen LogP contribution in [0, 0.1) is 25.2 Å². The van der Waals surface area contributed by atoms with Crippen LogP contribution >= 0.6 is 0 Å². The number of methoxy groups -OCH3 is 1. The van der Waals surface area contributed by atoms with Gasteiger partial charge in [0.1, 0.15) is 6.07 Å². The molecule has 0 fully saturated rings. The highest BCUT2D eigenvalue weighted by Gasteiger charge is 2.16. The van der Waals surface area contributed by atoms with Gasteiger partial charge in [-0.2, -0.15) is 5.26 Å². The molecular weight excluding hydrogens is 370 g/mol. The van der Waals surface area contributed by atoms with Crippen molar-refractivity contribution in [1.82, 2.24) is 9.97 Å². The van der Waals surface area contributed by atoms with Gasteiger partial charge in [-0.15, -0.1) is 0 Å². The summed E-state index contributed by atoms with van der Waals surface area (Å²) >= 11 is 0. The van der Waals surface area contributed by atoms with Crippen LogP contribution in [-0.4, -0.2) is 31.5 Å². The number of anilines is 2. The minimum Gasteiger partial charge on any atom is -0.465 e. The van der Waals surface area contributed by atoms with Crippen molar-refractivity contribution in [2.45, 2.75) is 18.7 Å². The minimum atomic E-state index is -3.86. The summed E-state index contributed by atoms with van der Waals surface area (Å²) in [4.78, 5) is 19.4. The smallest absolute Gasteiger partial charge is 0.350 e. The molecule has 2 aromatic rings. The number of nitrogens with zero attached hydrogens (tertiary/aromatic N) is 3. The van der Waals surface area contributed by atoms with Gasteiger partial charge in [0, 0.05) is 23.3 Å². The number of carbonyl (C=O) groups is 1. The van der Waals surface area contributed by atoms with E-state index >= 15 is 0 Å². The first-order valence-corrected chi connectivity index (χ1v) is 9.14. The first-order chi connectivity index (χ1) is 12.7. The molecule has 27 heavy (non-hydrogen) atoms. The number of aryl methyl sites for hydroxylation is 2. The lowest BCUT2D eigenvalue weighted by atomic mass is 10.3. The lowest BCUT2D eigenvalue weighted by molar-refractivity contribution is -0.135. The Bertz CT molecular complexity index is 1000. The van der Waals surface area contributed by atoms with Gasteiger partial charge in [0.2, 0.25) is 5.95 Å². The van der Waals surface area contributed by atoms with Crippen molar-refractivity contribution in [2.75, 3.05) is 17.1 Å². The summed E-state index contributed by atoms with van der Waals surface area (Å²) in [6, 6.07) is 9.14. The maximum Gasteiger partial charge on any atom is 0.350 e. The molecule has 1 aromatic heterocycles. The predicted molar refractivity (Wildman–Crippen MR) is 98.1 cm³/mol. The summed E-state index contributed by atoms with van der Waals surface area (Å²) in [7, 11) is -2.70. The fourth-order valence-corrected chi connectivity index (χ4v) is 3.03. The molecule has 1 aromatic carbocycles. The van der Waals surface area contributed by atoms with Gasteiger partial charge in [-0.25, -0.2) is 27.9 Å². The molecule has 0 bridgehead atoms. The van der Waals surface area contributed by atoms with Crippen molar-refractivity contribution >= 4 is 27.6 Å². The number of benzene rings is 1. The third kappa shape index (κ3) is 5.26. The zero-order valence-electron chi connectivity index (χ0n) is 14.8. The quantitative estimate of drug-likeness (QED) is 0.436. The van der Waals surface area contributed by atoms with Crippen LogP contribution in [0.4, 0.5) is 11.6 Å². The summed E-state index contributed by atoms with van der Waals surface area (Å²) in [6.07, 6.45) is 1.18. The second-order valence-electron chi connectivity index (χ2n) is 5.41. The number of aromatic nitrogens is 2. The Morgan fingerprint density at radius 2 is 1.78 bits per heavy atom. The van der Waals surface area contributed by atoms with Crippen LogP contribution in [-0.2, 0) is 19.6 Å². The Balaban J connectivity index is 2.17. The third-order valence-electron chi connectivity index (χ3n) is 3.28. The van der Waals surface area contributed by atoms with Crippen LogP contribution < -0.4 is 10.0 Å². The zero-order chi connectivity index (χ0) is 20.0. The van der Waals surface area contributed by atoms with Gasteiger partial charge in [0.15, 0.2) is 5.57 Å². The Morgan fingerprint density at radius 3 is 2.30 bits per heavy atom. The van der Waals surface area contributed by atoms with Crippen LogP contribution in [0.1, 0.15) is 11.4 Å². The van der Waals surface area contributed by atoms with E-state index in [2.05, 4.69) is 24.7 Å². The number of hydrogen-bond acceptors (Lipinski definition) is 8. The topological polar surface area (TPSA) is 134 Å². The van der Waals surface area contributed by atoms with Gasteiger partial charge in [-0.1, -0.05) is 0 Å². The van der Waals surface area contributed by atoms with E-state index in [9.17, 15) is 13.2 Å². The molecule has 1 heterocycles. The van der Waals surface area contributed by atoms with E-state index in [-0.39, 0.29) is 16.4 Å². The summed E-state index contributed by atoms with van der Waals surface area (Å²) in [6.45, 7) is 3.48. The highest BCUT2D eigenvalue weighted by Crippen LogP contribution is 2.17. The molecule has 0 atom stereocenters. The van der Waals surface area contributed by atoms with Crippen LogP contribution in [0.15, 0.2) is 47.0 Å². The van der Waals surface area contributed by atoms with Gasteiger partial charge >= 0.3 is 5.97 Å². The zero-order valence-corrected chi connectivity index (χ0v) is 15.7. The number of sulfonamides is 1. The molecule has 0 aliphatic rings. The molecule has 9 nitrogen and oxygen atoms in total. The maximum atomic E-state index is 12.4. The Morgan fingerprint density at radius 1 is 1.19 bits per heavy atom. The van der Waals surface area contributed by atoms with E-state index in [0.717, 1.165) is 0 Å². The molecular formula is C17H17N5O4S. The fraction of sp³-hybridized carbons (Fsp3) is 0.176. The molecule has 0 amide bonds. The molecule has 0 aliphatic carbocycles. The van der Waals surface area contributed by atoms with Crippen LogP contribution in [0.5, 0.6) is 0 Å². The highest BCUT2D eigenvalue weighted by atomic mass is 32.2. The van der Waals surface area contributed by atoms with Crippen molar-refractivity contribution in [3.8, 4) is 6.07 Å². The van der Waals surface area contributed by atoms with Gasteiger partial charge in [0.05, 0.1) is 12.0 Å². The summed E-state index contributed by atoms with van der Waals surface area (Å²) in [5.41, 5.74) is 1.55. The Hall–Kier alpha value is -3.45. The second-order valence-corrected chi connectivity index (χ2v) is 7.09. The van der Waals surface area contributed by atoms with E-state index in [0.29, 0.717) is 17.1 Å². The maximum absolute atomic E-state index is 12.4. The fourth-order valence-electron chi connectivity index (χ4n) is 2.08. The molecule has 0 saturated heterocycles. The van der Waals surface area contributed by atoms with Gasteiger partial charge < -0.3 is 10.1 Å². The summed E-state index contributed by atoms with van der Waals surface area (Å²) < 4.78 is 31.7. The van der Waals surface area contributed by atoms with Crippen molar-refractivity contribution in [3.63, 3.8) is 0 Å². The van der Waals surface area contributed by atoms with Crippen LogP contribution in [0.2, 0.25) is 0 Å². The lowest BCUT2D eigenvalue weighted by Crippen LogP contribution is -2.15. The molecule has 0 unspecified atom stereocenters. The number of rotatable bonds is 6. The van der Waals surface area contributed by atoms with Crippen molar-refractivity contribution in [2.24, 2.45) is 0 Å². The molecule has 0 saturated carbocycles. The third-order valence-corrected chi connectivity index (χ3v) is 4.63. The number of nitrogens with one attached hydrogen (secondary N) is 2. The number of ether oxygens (including phenoxy) is 1. The molecule has 10 heteroatoms. The lowest BCUT2D eigenvalue weighted by Gasteiger charge is -2.09. The molecule has 0 aliphatic heterocycles. The number of carbonyl (C=O) groups excluding carboxylic acids is 1. The highest BCUT2D eigenvalue weighted by molar-refractivity contribution is 7.92.